The lowest BCUT2D eigenvalue weighted by Crippen LogP contribution is -2.37. The second-order valence-electron chi connectivity index (χ2n) is 7.29. The van der Waals surface area contributed by atoms with E-state index in [1.54, 1.807) is 4.57 Å². The summed E-state index contributed by atoms with van der Waals surface area (Å²) >= 11 is 0. The number of hydrogen-bond donors (Lipinski definition) is 1. The molecule has 0 aliphatic carbocycles. The normalized spacial score (nSPS) is 20.0. The van der Waals surface area contributed by atoms with Gasteiger partial charge >= 0.3 is 0 Å². The Hall–Kier alpha value is -1.86. The van der Waals surface area contributed by atoms with Gasteiger partial charge < -0.3 is 5.32 Å². The van der Waals surface area contributed by atoms with E-state index < -0.39 is 11.6 Å². The van der Waals surface area contributed by atoms with Crippen LogP contribution in [-0.4, -0.2) is 40.1 Å². The highest BCUT2D eigenvalue weighted by Crippen LogP contribution is 2.26. The molecule has 27 heavy (non-hydrogen) atoms. The van der Waals surface area contributed by atoms with Crippen molar-refractivity contribution in [2.75, 3.05) is 19.6 Å². The van der Waals surface area contributed by atoms with Gasteiger partial charge in [0, 0.05) is 38.3 Å². The predicted molar refractivity (Wildman–Crippen MR) is 103 cm³/mol. The number of rotatable bonds is 5. The van der Waals surface area contributed by atoms with Gasteiger partial charge in [0.1, 0.15) is 5.82 Å². The summed E-state index contributed by atoms with van der Waals surface area (Å²) < 4.78 is 29.0. The lowest BCUT2D eigenvalue weighted by molar-refractivity contribution is 0.184. The summed E-state index contributed by atoms with van der Waals surface area (Å²) in [4.78, 5) is 20.0. The maximum Gasteiger partial charge on any atom is 0.261 e. The van der Waals surface area contributed by atoms with E-state index in [0.717, 1.165) is 51.0 Å². The smallest absolute Gasteiger partial charge is 0.261 e. The molecular weight excluding hydrogens is 350 g/mol. The number of nitrogens with zero attached hydrogens (tertiary/aromatic N) is 3. The van der Waals surface area contributed by atoms with Crippen LogP contribution in [0.5, 0.6) is 0 Å². The average molecular weight is 378 g/mol. The minimum absolute atomic E-state index is 0.0211. The van der Waals surface area contributed by atoms with Crippen LogP contribution in [0.3, 0.4) is 0 Å². The molecule has 148 valence electrons. The van der Waals surface area contributed by atoms with E-state index >= 15 is 0 Å². The third kappa shape index (κ3) is 4.04. The average Bonchev–Trinajstić information content (AvgIpc) is 2.86. The Kier molecular flexibility index (Phi) is 6.22. The van der Waals surface area contributed by atoms with Gasteiger partial charge in [0.25, 0.3) is 5.56 Å². The minimum atomic E-state index is -1.02. The predicted octanol–water partition coefficient (Wildman–Crippen LogP) is 3.22. The van der Waals surface area contributed by atoms with Gasteiger partial charge in [-0.1, -0.05) is 13.3 Å². The Morgan fingerprint density at radius 3 is 2.70 bits per heavy atom. The Morgan fingerprint density at radius 1 is 1.26 bits per heavy atom. The number of fused-ring (bicyclic) bond motifs is 1. The second-order valence-corrected chi connectivity index (χ2v) is 7.29. The summed E-state index contributed by atoms with van der Waals surface area (Å²) in [5, 5.41) is 3.61. The van der Waals surface area contributed by atoms with Crippen LogP contribution < -0.4 is 10.9 Å². The van der Waals surface area contributed by atoms with Gasteiger partial charge in [-0.2, -0.15) is 0 Å². The first kappa shape index (κ1) is 19.9. The Labute approximate surface area is 158 Å². The van der Waals surface area contributed by atoms with Crippen LogP contribution in [0.2, 0.25) is 0 Å². The summed E-state index contributed by atoms with van der Waals surface area (Å²) in [5.41, 5.74) is -0.0835. The summed E-state index contributed by atoms with van der Waals surface area (Å²) in [6.07, 6.45) is 2.82. The van der Waals surface area contributed by atoms with E-state index in [-0.39, 0.29) is 22.5 Å². The number of benzene rings is 1. The molecule has 1 aromatic heterocycles. The van der Waals surface area contributed by atoms with Crippen LogP contribution in [0.15, 0.2) is 16.9 Å². The van der Waals surface area contributed by atoms with E-state index in [1.807, 2.05) is 6.92 Å². The molecule has 7 heteroatoms. The lowest BCUT2D eigenvalue weighted by atomic mass is 10.1. The molecule has 1 saturated heterocycles. The minimum Gasteiger partial charge on any atom is -0.313 e. The van der Waals surface area contributed by atoms with Gasteiger partial charge in [0.05, 0.1) is 16.9 Å². The molecule has 1 N–H and O–H groups in total. The fourth-order valence-corrected chi connectivity index (χ4v) is 3.88. The third-order valence-electron chi connectivity index (χ3n) is 5.38. The van der Waals surface area contributed by atoms with Crippen molar-refractivity contribution in [1.29, 1.82) is 0 Å². The lowest BCUT2D eigenvalue weighted by Gasteiger charge is -2.31. The molecule has 5 nitrogen and oxygen atoms in total. The summed E-state index contributed by atoms with van der Waals surface area (Å²) in [7, 11) is 0. The zero-order chi connectivity index (χ0) is 19.6. The molecule has 0 spiro atoms. The number of hydrogen-bond acceptors (Lipinski definition) is 4. The van der Waals surface area contributed by atoms with Crippen molar-refractivity contribution < 1.29 is 8.78 Å². The molecule has 1 fully saturated rings. The topological polar surface area (TPSA) is 50.2 Å². The standard InChI is InChI=1S/C20H28F2N4O/c1-4-6-18(25-9-7-13(3)23-8-10-25)19-24-17-12-16(22)15(21)11-14(17)20(27)26(19)5-2/h11-13,18,23H,4-10H2,1-3H3/t13-,18?/m0/s1. The van der Waals surface area contributed by atoms with Crippen molar-refractivity contribution in [3.8, 4) is 0 Å². The van der Waals surface area contributed by atoms with Gasteiger partial charge in [-0.15, -0.1) is 0 Å². The van der Waals surface area contributed by atoms with Crippen molar-refractivity contribution in [3.05, 3.63) is 39.9 Å². The van der Waals surface area contributed by atoms with Crippen LogP contribution in [0, 0.1) is 11.6 Å². The third-order valence-corrected chi connectivity index (χ3v) is 5.38. The number of halogens is 2. The Bertz CT molecular complexity index is 867. The molecule has 2 heterocycles. The van der Waals surface area contributed by atoms with Gasteiger partial charge in [-0.3, -0.25) is 14.3 Å². The summed E-state index contributed by atoms with van der Waals surface area (Å²) in [6, 6.07) is 2.42. The molecule has 1 aliphatic rings. The quantitative estimate of drug-likeness (QED) is 0.868. The largest absolute Gasteiger partial charge is 0.313 e. The van der Waals surface area contributed by atoms with Gasteiger partial charge in [0.15, 0.2) is 11.6 Å². The van der Waals surface area contributed by atoms with Crippen molar-refractivity contribution in [1.82, 2.24) is 19.8 Å². The van der Waals surface area contributed by atoms with Gasteiger partial charge in [-0.25, -0.2) is 13.8 Å². The zero-order valence-electron chi connectivity index (χ0n) is 16.3. The highest BCUT2D eigenvalue weighted by molar-refractivity contribution is 5.77. The van der Waals surface area contributed by atoms with E-state index in [9.17, 15) is 13.6 Å². The first-order valence-electron chi connectivity index (χ1n) is 9.83. The van der Waals surface area contributed by atoms with E-state index in [2.05, 4.69) is 29.0 Å². The Balaban J connectivity index is 2.13. The first-order valence-corrected chi connectivity index (χ1v) is 9.83. The van der Waals surface area contributed by atoms with E-state index in [4.69, 9.17) is 0 Å². The Morgan fingerprint density at radius 2 is 2.00 bits per heavy atom. The number of nitrogens with one attached hydrogen (secondary N) is 1. The van der Waals surface area contributed by atoms with Crippen LogP contribution in [0.4, 0.5) is 8.78 Å². The fraction of sp³-hybridized carbons (Fsp3) is 0.600. The van der Waals surface area contributed by atoms with Crippen molar-refractivity contribution in [3.63, 3.8) is 0 Å². The number of aromatic nitrogens is 2. The van der Waals surface area contributed by atoms with Crippen molar-refractivity contribution in [2.24, 2.45) is 0 Å². The van der Waals surface area contributed by atoms with Crippen LogP contribution in [-0.2, 0) is 6.54 Å². The van der Waals surface area contributed by atoms with Gasteiger partial charge in [0.2, 0.25) is 0 Å². The molecule has 3 rings (SSSR count). The first-order chi connectivity index (χ1) is 13.0. The molecule has 0 saturated carbocycles. The van der Waals surface area contributed by atoms with Crippen LogP contribution >= 0.6 is 0 Å². The van der Waals surface area contributed by atoms with Crippen molar-refractivity contribution in [2.45, 2.75) is 58.7 Å². The molecule has 1 aromatic carbocycles. The highest BCUT2D eigenvalue weighted by atomic mass is 19.2. The highest BCUT2D eigenvalue weighted by Gasteiger charge is 2.27. The molecule has 2 atom stereocenters. The zero-order valence-corrected chi connectivity index (χ0v) is 16.3. The maximum absolute atomic E-state index is 13.8. The molecule has 0 radical (unpaired) electrons. The fourth-order valence-electron chi connectivity index (χ4n) is 3.88. The molecule has 0 bridgehead atoms. The summed E-state index contributed by atoms with van der Waals surface area (Å²) in [5.74, 6) is -1.35. The van der Waals surface area contributed by atoms with E-state index in [1.165, 1.54) is 0 Å². The molecule has 1 unspecified atom stereocenters. The van der Waals surface area contributed by atoms with Gasteiger partial charge in [-0.05, 0) is 32.8 Å². The maximum atomic E-state index is 13.8. The SMILES string of the molecule is CCCC(c1nc2cc(F)c(F)cc2c(=O)n1CC)N1CCN[C@@H](C)CC1. The second kappa shape index (κ2) is 8.44. The molecular formula is C20H28F2N4O. The van der Waals surface area contributed by atoms with Crippen LogP contribution in [0.25, 0.3) is 10.9 Å². The molecule has 1 aliphatic heterocycles. The summed E-state index contributed by atoms with van der Waals surface area (Å²) in [6.45, 7) is 9.26. The van der Waals surface area contributed by atoms with Crippen molar-refractivity contribution >= 4 is 10.9 Å². The molecule has 2 aromatic rings. The van der Waals surface area contributed by atoms with Crippen LogP contribution in [0.1, 0.15) is 51.9 Å². The molecule has 0 amide bonds. The monoisotopic (exact) mass is 378 g/mol. The van der Waals surface area contributed by atoms with E-state index in [0.29, 0.717) is 18.4 Å².